The zero-order valence-electron chi connectivity index (χ0n) is 20.4. The molecule has 1 aliphatic rings. The van der Waals surface area contributed by atoms with Crippen molar-refractivity contribution in [3.05, 3.63) is 131 Å². The Morgan fingerprint density at radius 3 is 2.16 bits per heavy atom. The van der Waals surface area contributed by atoms with E-state index < -0.39 is 17.0 Å². The Morgan fingerprint density at radius 2 is 1.51 bits per heavy atom. The molecule has 2 amide bonds. The lowest BCUT2D eigenvalue weighted by molar-refractivity contribution is 0.205. The molecule has 2 atom stereocenters. The minimum absolute atomic E-state index is 0.0660. The van der Waals surface area contributed by atoms with E-state index in [9.17, 15) is 18.0 Å². The molecule has 0 unspecified atom stereocenters. The first-order chi connectivity index (χ1) is 17.8. The molecule has 0 radical (unpaired) electrons. The summed E-state index contributed by atoms with van der Waals surface area (Å²) in [6, 6.07) is 26.8. The van der Waals surface area contributed by atoms with Crippen LogP contribution in [0.15, 0.2) is 97.1 Å². The number of carbonyl (C=O) groups excluding carboxylic acids is 1. The van der Waals surface area contributed by atoms with Crippen molar-refractivity contribution in [2.75, 3.05) is 13.1 Å². The average Bonchev–Trinajstić information content (AvgIpc) is 3.27. The molecule has 1 fully saturated rings. The average molecular weight is 501 g/mol. The molecule has 0 aliphatic carbocycles. The summed E-state index contributed by atoms with van der Waals surface area (Å²) in [6.07, 6.45) is 0. The number of hydrogen-bond donors (Lipinski definition) is 1. The number of benzene rings is 4. The maximum Gasteiger partial charge on any atom is 0.317 e. The highest BCUT2D eigenvalue weighted by molar-refractivity contribution is 5.75. The number of amides is 2. The normalized spacial score (nSPS) is 19.1. The Labute approximate surface area is 214 Å². The smallest absolute Gasteiger partial charge is 0.317 e. The molecule has 37 heavy (non-hydrogen) atoms. The highest BCUT2D eigenvalue weighted by Gasteiger charge is 2.46. The van der Waals surface area contributed by atoms with E-state index in [1.165, 1.54) is 30.3 Å². The summed E-state index contributed by atoms with van der Waals surface area (Å²) in [5.41, 5.74) is 2.74. The summed E-state index contributed by atoms with van der Waals surface area (Å²) >= 11 is 0. The molecule has 1 saturated heterocycles. The van der Waals surface area contributed by atoms with E-state index in [0.29, 0.717) is 25.2 Å². The number of carbonyl (C=O) groups is 1. The van der Waals surface area contributed by atoms with Crippen molar-refractivity contribution in [2.24, 2.45) is 0 Å². The van der Waals surface area contributed by atoms with Crippen molar-refractivity contribution >= 4 is 6.03 Å². The predicted molar refractivity (Wildman–Crippen MR) is 139 cm³/mol. The van der Waals surface area contributed by atoms with Crippen LogP contribution in [0.3, 0.4) is 0 Å². The molecule has 0 spiro atoms. The van der Waals surface area contributed by atoms with Gasteiger partial charge in [0.15, 0.2) is 0 Å². The molecule has 3 nitrogen and oxygen atoms in total. The lowest BCUT2D eigenvalue weighted by Crippen LogP contribution is -2.39. The maximum absolute atomic E-state index is 14.3. The highest BCUT2D eigenvalue weighted by Crippen LogP contribution is 2.45. The standard InChI is InChI=1S/C31H27F3N2O/c1-31(24-14-16-25(32)17-15-24)20-36(30(37)35-18-21-6-3-2-4-7-21)19-26(31)22-10-12-23(13-11-22)29-27(33)8-5-9-28(29)34/h2-17,26H,18-20H2,1H3,(H,35,37)/t26-,31+/m0/s1. The number of hydrogen-bond acceptors (Lipinski definition) is 1. The van der Waals surface area contributed by atoms with Gasteiger partial charge in [0.2, 0.25) is 0 Å². The molecule has 1 N–H and O–H groups in total. The van der Waals surface area contributed by atoms with Gasteiger partial charge < -0.3 is 10.2 Å². The Morgan fingerprint density at radius 1 is 0.865 bits per heavy atom. The Hall–Kier alpha value is -4.06. The first kappa shape index (κ1) is 24.6. The molecule has 4 aromatic rings. The highest BCUT2D eigenvalue weighted by atomic mass is 19.1. The van der Waals surface area contributed by atoms with Gasteiger partial charge in [-0.05, 0) is 46.5 Å². The third kappa shape index (κ3) is 4.96. The van der Waals surface area contributed by atoms with Crippen molar-refractivity contribution in [2.45, 2.75) is 24.8 Å². The third-order valence-electron chi connectivity index (χ3n) is 7.33. The van der Waals surface area contributed by atoms with Gasteiger partial charge in [0, 0.05) is 31.0 Å². The quantitative estimate of drug-likeness (QED) is 0.313. The van der Waals surface area contributed by atoms with Crippen LogP contribution in [0.5, 0.6) is 0 Å². The maximum atomic E-state index is 14.3. The van der Waals surface area contributed by atoms with E-state index >= 15 is 0 Å². The van der Waals surface area contributed by atoms with Crippen molar-refractivity contribution in [1.29, 1.82) is 0 Å². The van der Waals surface area contributed by atoms with E-state index in [0.717, 1.165) is 16.7 Å². The van der Waals surface area contributed by atoms with Gasteiger partial charge >= 0.3 is 6.03 Å². The van der Waals surface area contributed by atoms with Crippen LogP contribution in [0.1, 0.15) is 29.5 Å². The lowest BCUT2D eigenvalue weighted by atomic mass is 9.71. The summed E-state index contributed by atoms with van der Waals surface area (Å²) in [5, 5.41) is 3.00. The Kier molecular flexibility index (Phi) is 6.74. The van der Waals surface area contributed by atoms with Crippen LogP contribution in [0.4, 0.5) is 18.0 Å². The monoisotopic (exact) mass is 500 g/mol. The van der Waals surface area contributed by atoms with E-state index in [4.69, 9.17) is 0 Å². The van der Waals surface area contributed by atoms with E-state index in [2.05, 4.69) is 12.2 Å². The van der Waals surface area contributed by atoms with E-state index in [1.54, 1.807) is 29.2 Å². The van der Waals surface area contributed by atoms with E-state index in [-0.39, 0.29) is 23.3 Å². The van der Waals surface area contributed by atoms with Crippen LogP contribution in [-0.4, -0.2) is 24.0 Å². The molecule has 6 heteroatoms. The summed E-state index contributed by atoms with van der Waals surface area (Å²) in [6.45, 7) is 3.37. The van der Waals surface area contributed by atoms with Gasteiger partial charge in [-0.2, -0.15) is 0 Å². The number of urea groups is 1. The molecule has 0 bridgehead atoms. The molecule has 4 aromatic carbocycles. The van der Waals surface area contributed by atoms with Crippen molar-refractivity contribution in [3.63, 3.8) is 0 Å². The van der Waals surface area contributed by atoms with Gasteiger partial charge in [-0.25, -0.2) is 18.0 Å². The molecular formula is C31H27F3N2O. The topological polar surface area (TPSA) is 32.3 Å². The SMILES string of the molecule is C[C@]1(c2ccc(F)cc2)CN(C(=O)NCc2ccccc2)C[C@H]1c1ccc(-c2c(F)cccc2F)cc1. The van der Waals surface area contributed by atoms with Crippen LogP contribution < -0.4 is 5.32 Å². The van der Waals surface area contributed by atoms with Crippen LogP contribution >= 0.6 is 0 Å². The first-order valence-electron chi connectivity index (χ1n) is 12.2. The molecule has 1 aliphatic heterocycles. The van der Waals surface area contributed by atoms with Gasteiger partial charge in [0.25, 0.3) is 0 Å². The zero-order chi connectivity index (χ0) is 26.0. The molecule has 1 heterocycles. The molecule has 0 saturated carbocycles. The Bertz CT molecular complexity index is 1370. The minimum Gasteiger partial charge on any atom is -0.334 e. The number of rotatable bonds is 5. The second-order valence-electron chi connectivity index (χ2n) is 9.72. The van der Waals surface area contributed by atoms with Gasteiger partial charge in [-0.3, -0.25) is 0 Å². The largest absolute Gasteiger partial charge is 0.334 e. The number of nitrogens with one attached hydrogen (secondary N) is 1. The number of nitrogens with zero attached hydrogens (tertiary/aromatic N) is 1. The van der Waals surface area contributed by atoms with Gasteiger partial charge in [0.1, 0.15) is 17.5 Å². The second-order valence-corrected chi connectivity index (χ2v) is 9.72. The van der Waals surface area contributed by atoms with Gasteiger partial charge in [-0.1, -0.05) is 79.7 Å². The summed E-state index contributed by atoms with van der Waals surface area (Å²) in [5.74, 6) is -1.67. The van der Waals surface area contributed by atoms with Crippen LogP contribution in [-0.2, 0) is 12.0 Å². The third-order valence-corrected chi connectivity index (χ3v) is 7.33. The summed E-state index contributed by atoms with van der Waals surface area (Å²) < 4.78 is 42.4. The fraction of sp³-hybridized carbons (Fsp3) is 0.194. The fourth-order valence-corrected chi connectivity index (χ4v) is 5.29. The van der Waals surface area contributed by atoms with Crippen LogP contribution in [0.25, 0.3) is 11.1 Å². The zero-order valence-corrected chi connectivity index (χ0v) is 20.4. The van der Waals surface area contributed by atoms with Crippen molar-refractivity contribution in [3.8, 4) is 11.1 Å². The van der Waals surface area contributed by atoms with Crippen molar-refractivity contribution < 1.29 is 18.0 Å². The van der Waals surface area contributed by atoms with Crippen LogP contribution in [0, 0.1) is 17.5 Å². The summed E-state index contributed by atoms with van der Waals surface area (Å²) in [7, 11) is 0. The predicted octanol–water partition coefficient (Wildman–Crippen LogP) is 7.04. The molecular weight excluding hydrogens is 473 g/mol. The van der Waals surface area contributed by atoms with Crippen LogP contribution in [0.2, 0.25) is 0 Å². The minimum atomic E-state index is -0.619. The number of likely N-dealkylation sites (tertiary alicyclic amines) is 1. The second kappa shape index (κ2) is 10.1. The van der Waals surface area contributed by atoms with Gasteiger partial charge in [-0.15, -0.1) is 0 Å². The number of halogens is 3. The fourth-order valence-electron chi connectivity index (χ4n) is 5.29. The van der Waals surface area contributed by atoms with Crippen molar-refractivity contribution in [1.82, 2.24) is 10.2 Å². The van der Waals surface area contributed by atoms with E-state index in [1.807, 2.05) is 42.5 Å². The first-order valence-corrected chi connectivity index (χ1v) is 12.2. The molecule has 0 aromatic heterocycles. The molecule has 188 valence electrons. The summed E-state index contributed by atoms with van der Waals surface area (Å²) in [4.78, 5) is 14.9. The molecule has 5 rings (SSSR count). The Balaban J connectivity index is 1.44. The van der Waals surface area contributed by atoms with Gasteiger partial charge in [0.05, 0.1) is 5.56 Å². The lowest BCUT2D eigenvalue weighted by Gasteiger charge is -2.31.